The smallest absolute Gasteiger partial charge is 0.0540 e. The number of hydrogen-bond donors (Lipinski definition) is 0. The topological polar surface area (TPSA) is 6.48 Å². The molecule has 2 nitrogen and oxygen atoms in total. The van der Waals surface area contributed by atoms with Crippen molar-refractivity contribution in [3.8, 4) is 55.6 Å². The molecule has 0 bridgehead atoms. The Morgan fingerprint density at radius 1 is 0.235 bits per heavy atom. The van der Waals surface area contributed by atoms with Gasteiger partial charge in [0.2, 0.25) is 0 Å². The number of hydrogen-bond acceptors (Lipinski definition) is 2. The van der Waals surface area contributed by atoms with Gasteiger partial charge in [0.1, 0.15) is 0 Å². The Morgan fingerprint density at radius 2 is 0.529 bits per heavy atom. The third kappa shape index (κ3) is 4.89. The molecule has 0 aromatic heterocycles. The highest BCUT2D eigenvalue weighted by Crippen LogP contribution is 2.53. The van der Waals surface area contributed by atoms with Crippen molar-refractivity contribution in [3.63, 3.8) is 0 Å². The van der Waals surface area contributed by atoms with Crippen LogP contribution in [-0.2, 0) is 0 Å². The third-order valence-electron chi connectivity index (χ3n) is 10.1. The number of para-hydroxylation sites is 4. The highest BCUT2D eigenvalue weighted by atomic mass is 15.2. The van der Waals surface area contributed by atoms with Crippen molar-refractivity contribution in [2.24, 2.45) is 0 Å². The van der Waals surface area contributed by atoms with Crippen LogP contribution in [0.4, 0.5) is 34.1 Å². The minimum Gasteiger partial charge on any atom is -0.309 e. The van der Waals surface area contributed by atoms with E-state index in [0.29, 0.717) is 0 Å². The first-order valence-corrected chi connectivity index (χ1v) is 17.2. The van der Waals surface area contributed by atoms with Gasteiger partial charge in [-0.25, -0.2) is 0 Å². The van der Waals surface area contributed by atoms with E-state index in [1.54, 1.807) is 0 Å². The Kier molecular flexibility index (Phi) is 7.41. The molecule has 2 heterocycles. The number of rotatable bonds is 3. The van der Waals surface area contributed by atoms with Gasteiger partial charge in [0.25, 0.3) is 0 Å². The van der Waals surface area contributed by atoms with Crippen LogP contribution in [0.3, 0.4) is 0 Å². The fraction of sp³-hybridized carbons (Fsp3) is 0. The second kappa shape index (κ2) is 12.4. The molecule has 51 heavy (non-hydrogen) atoms. The van der Waals surface area contributed by atoms with E-state index in [0.717, 1.165) is 11.4 Å². The molecule has 10 rings (SSSR count). The summed E-state index contributed by atoms with van der Waals surface area (Å²) in [5.41, 5.74) is 19.2. The summed E-state index contributed by atoms with van der Waals surface area (Å²) in [7, 11) is 0. The predicted molar refractivity (Wildman–Crippen MR) is 216 cm³/mol. The summed E-state index contributed by atoms with van der Waals surface area (Å²) in [4.78, 5) is 4.83. The molecule has 0 spiro atoms. The van der Waals surface area contributed by atoms with E-state index < -0.39 is 0 Å². The molecule has 0 unspecified atom stereocenters. The normalized spacial score (nSPS) is 12.1. The van der Waals surface area contributed by atoms with Crippen LogP contribution in [0.25, 0.3) is 55.6 Å². The van der Waals surface area contributed by atoms with Gasteiger partial charge in [0, 0.05) is 42.0 Å². The van der Waals surface area contributed by atoms with E-state index >= 15 is 0 Å². The van der Waals surface area contributed by atoms with Crippen LogP contribution in [0.15, 0.2) is 194 Å². The van der Waals surface area contributed by atoms with Gasteiger partial charge in [-0.3, -0.25) is 0 Å². The molecule has 0 amide bonds. The molecule has 0 atom stereocenters. The highest BCUT2D eigenvalue weighted by Gasteiger charge is 2.28. The standard InChI is InChI=1S/C48H32N2.B/c1-3-15-35(16-4-1)49-45-25-13-11-23-41(45)37-19-7-9-21-39(37)43-31-33(27-29-47(43)49)34-28-30-48-44(32-34)40-22-10-8-20-38(40)42-24-12-14-26-46(42)50(48)36-17-5-2-6-18-36;/h1-32H;. The van der Waals surface area contributed by atoms with Gasteiger partial charge in [-0.15, -0.1) is 0 Å². The van der Waals surface area contributed by atoms with Gasteiger partial charge in [-0.2, -0.15) is 0 Å². The van der Waals surface area contributed by atoms with Crippen LogP contribution in [0, 0.1) is 0 Å². The van der Waals surface area contributed by atoms with Crippen LogP contribution >= 0.6 is 0 Å². The van der Waals surface area contributed by atoms with E-state index in [1.165, 1.54) is 78.4 Å². The van der Waals surface area contributed by atoms with Crippen molar-refractivity contribution in [1.29, 1.82) is 0 Å². The second-order valence-electron chi connectivity index (χ2n) is 12.9. The zero-order valence-corrected chi connectivity index (χ0v) is 27.9. The van der Waals surface area contributed by atoms with Gasteiger partial charge in [-0.05, 0) is 94.0 Å². The highest BCUT2D eigenvalue weighted by molar-refractivity contribution is 6.05. The molecule has 0 saturated carbocycles. The van der Waals surface area contributed by atoms with Gasteiger partial charge < -0.3 is 9.80 Å². The maximum atomic E-state index is 2.41. The lowest BCUT2D eigenvalue weighted by Crippen LogP contribution is -2.11. The third-order valence-corrected chi connectivity index (χ3v) is 10.1. The molecule has 2 aliphatic heterocycles. The Balaban J connectivity index is 0.00000348. The first kappa shape index (κ1) is 30.5. The molecular formula is C48H32BN2. The molecule has 8 aromatic rings. The maximum Gasteiger partial charge on any atom is 0.0540 e. The summed E-state index contributed by atoms with van der Waals surface area (Å²) in [6, 6.07) is 70.6. The number of anilines is 6. The van der Waals surface area contributed by atoms with Crippen LogP contribution in [0.2, 0.25) is 0 Å². The van der Waals surface area contributed by atoms with Crippen LogP contribution < -0.4 is 9.80 Å². The zero-order chi connectivity index (χ0) is 33.0. The van der Waals surface area contributed by atoms with E-state index in [1.807, 2.05) is 0 Å². The Labute approximate surface area is 301 Å². The summed E-state index contributed by atoms with van der Waals surface area (Å²) in [6.45, 7) is 0. The van der Waals surface area contributed by atoms with Crippen molar-refractivity contribution in [3.05, 3.63) is 194 Å². The average molecular weight is 648 g/mol. The molecule has 8 aromatic carbocycles. The summed E-state index contributed by atoms with van der Waals surface area (Å²) in [6.07, 6.45) is 0. The van der Waals surface area contributed by atoms with E-state index in [4.69, 9.17) is 0 Å². The van der Waals surface area contributed by atoms with Gasteiger partial charge in [0.15, 0.2) is 0 Å². The monoisotopic (exact) mass is 647 g/mol. The lowest BCUT2D eigenvalue weighted by atomic mass is 9.90. The van der Waals surface area contributed by atoms with Crippen molar-refractivity contribution < 1.29 is 0 Å². The first-order valence-electron chi connectivity index (χ1n) is 17.2. The minimum atomic E-state index is 0. The molecular weight excluding hydrogens is 615 g/mol. The molecule has 0 N–H and O–H groups in total. The molecule has 3 heteroatoms. The van der Waals surface area contributed by atoms with E-state index in [9.17, 15) is 0 Å². The lowest BCUT2D eigenvalue weighted by molar-refractivity contribution is 1.29. The van der Waals surface area contributed by atoms with Crippen molar-refractivity contribution in [2.45, 2.75) is 0 Å². The minimum absolute atomic E-state index is 0. The number of fused-ring (bicyclic) bond motifs is 10. The summed E-state index contributed by atoms with van der Waals surface area (Å²) >= 11 is 0. The average Bonchev–Trinajstić information content (AvgIpc) is 3.40. The Morgan fingerprint density at radius 3 is 0.922 bits per heavy atom. The summed E-state index contributed by atoms with van der Waals surface area (Å²) in [5, 5.41) is 0. The largest absolute Gasteiger partial charge is 0.309 e. The maximum absolute atomic E-state index is 2.41. The quantitative estimate of drug-likeness (QED) is 0.176. The fourth-order valence-corrected chi connectivity index (χ4v) is 7.92. The molecule has 0 fully saturated rings. The predicted octanol–water partition coefficient (Wildman–Crippen LogP) is 13.2. The van der Waals surface area contributed by atoms with Crippen molar-refractivity contribution in [2.75, 3.05) is 9.80 Å². The molecule has 0 saturated heterocycles. The SMILES string of the molecule is [B].c1ccc(N2c3ccccc3-c3ccccc3-c3cc(-c4ccc5c(c4)-c4ccccc4-c4ccccc4N5c4ccccc4)ccc32)cc1. The van der Waals surface area contributed by atoms with Crippen LogP contribution in [0.5, 0.6) is 0 Å². The number of nitrogens with zero attached hydrogens (tertiary/aromatic N) is 2. The van der Waals surface area contributed by atoms with E-state index in [2.05, 4.69) is 204 Å². The summed E-state index contributed by atoms with van der Waals surface area (Å²) in [5.74, 6) is 0. The Bertz CT molecular complexity index is 2380. The molecule has 2 aliphatic rings. The fourth-order valence-electron chi connectivity index (χ4n) is 7.92. The van der Waals surface area contributed by atoms with Crippen molar-refractivity contribution in [1.82, 2.24) is 0 Å². The zero-order valence-electron chi connectivity index (χ0n) is 27.9. The summed E-state index contributed by atoms with van der Waals surface area (Å²) < 4.78 is 0. The molecule has 0 aliphatic carbocycles. The van der Waals surface area contributed by atoms with Gasteiger partial charge in [0.05, 0.1) is 22.7 Å². The van der Waals surface area contributed by atoms with Crippen LogP contribution in [0.1, 0.15) is 0 Å². The van der Waals surface area contributed by atoms with Gasteiger partial charge in [-0.1, -0.05) is 133 Å². The number of benzene rings is 8. The van der Waals surface area contributed by atoms with E-state index in [-0.39, 0.29) is 8.41 Å². The molecule has 237 valence electrons. The van der Waals surface area contributed by atoms with Crippen LogP contribution in [-0.4, -0.2) is 8.41 Å². The lowest BCUT2D eigenvalue weighted by Gasteiger charge is -2.28. The van der Waals surface area contributed by atoms with Crippen molar-refractivity contribution >= 4 is 42.5 Å². The molecule has 3 radical (unpaired) electrons. The van der Waals surface area contributed by atoms with Gasteiger partial charge >= 0.3 is 0 Å². The second-order valence-corrected chi connectivity index (χ2v) is 12.9. The first-order chi connectivity index (χ1) is 24.8. The Hall–Kier alpha value is -6.58.